The van der Waals surface area contributed by atoms with Crippen molar-refractivity contribution in [3.8, 4) is 17.3 Å². The molecule has 0 radical (unpaired) electrons. The van der Waals surface area contributed by atoms with Gasteiger partial charge in [0.1, 0.15) is 11.8 Å². The third-order valence-electron chi connectivity index (χ3n) is 7.62. The van der Waals surface area contributed by atoms with E-state index in [0.717, 1.165) is 35.6 Å². The maximum Gasteiger partial charge on any atom is 0.144 e. The molecular weight excluding hydrogens is 400 g/mol. The molecule has 178 valence electrons. The highest BCUT2D eigenvalue weighted by Gasteiger charge is 2.22. The maximum atomic E-state index is 9.61. The van der Waals surface area contributed by atoms with Crippen LogP contribution in [0, 0.1) is 17.2 Å². The highest BCUT2D eigenvalue weighted by molar-refractivity contribution is 5.61. The lowest BCUT2D eigenvalue weighted by Crippen LogP contribution is -2.13. The summed E-state index contributed by atoms with van der Waals surface area (Å²) >= 11 is 0. The van der Waals surface area contributed by atoms with Gasteiger partial charge in [-0.1, -0.05) is 102 Å². The molecule has 2 aromatic rings. The van der Waals surface area contributed by atoms with Crippen molar-refractivity contribution in [2.24, 2.45) is 5.92 Å². The number of nitriles is 1. The first-order valence-electron chi connectivity index (χ1n) is 13.8. The minimum Gasteiger partial charge on any atom is -0.237 e. The highest BCUT2D eigenvalue weighted by Crippen LogP contribution is 2.38. The Bertz CT molecular complexity index is 853. The highest BCUT2D eigenvalue weighted by atomic mass is 14.7. The summed E-state index contributed by atoms with van der Waals surface area (Å²) in [7, 11) is 0. The fraction of sp³-hybridized carbons (Fsp3) is 0.613. The molecule has 0 N–H and O–H groups in total. The molecule has 1 saturated carbocycles. The van der Waals surface area contributed by atoms with Gasteiger partial charge in [-0.05, 0) is 67.6 Å². The molecular formula is C31H44N2. The number of hydrogen-bond acceptors (Lipinski definition) is 2. The predicted octanol–water partition coefficient (Wildman–Crippen LogP) is 9.38. The molecule has 2 heteroatoms. The van der Waals surface area contributed by atoms with Gasteiger partial charge in [-0.3, -0.25) is 0 Å². The van der Waals surface area contributed by atoms with E-state index in [2.05, 4.69) is 56.3 Å². The van der Waals surface area contributed by atoms with Crippen molar-refractivity contribution < 1.29 is 0 Å². The Morgan fingerprint density at radius 3 is 2.12 bits per heavy atom. The van der Waals surface area contributed by atoms with Crippen molar-refractivity contribution in [1.29, 1.82) is 5.26 Å². The number of unbranched alkanes of at least 4 members (excludes halogenated alkanes) is 7. The zero-order valence-electron chi connectivity index (χ0n) is 21.1. The van der Waals surface area contributed by atoms with Gasteiger partial charge in [0, 0.05) is 5.56 Å². The molecule has 3 rings (SSSR count). The largest absolute Gasteiger partial charge is 0.237 e. The molecule has 33 heavy (non-hydrogen) atoms. The number of aromatic nitrogens is 1. The van der Waals surface area contributed by atoms with E-state index in [9.17, 15) is 5.26 Å². The van der Waals surface area contributed by atoms with Crippen molar-refractivity contribution in [3.05, 3.63) is 53.2 Å². The number of benzene rings is 1. The lowest BCUT2D eigenvalue weighted by Gasteiger charge is -2.29. The predicted molar refractivity (Wildman–Crippen MR) is 140 cm³/mol. The normalized spacial score (nSPS) is 18.2. The lowest BCUT2D eigenvalue weighted by molar-refractivity contribution is 0.302. The van der Waals surface area contributed by atoms with Gasteiger partial charge < -0.3 is 0 Å². The second-order valence-electron chi connectivity index (χ2n) is 10.2. The van der Waals surface area contributed by atoms with Crippen LogP contribution in [0.15, 0.2) is 36.4 Å². The van der Waals surface area contributed by atoms with Gasteiger partial charge in [0.05, 0.1) is 5.69 Å². The van der Waals surface area contributed by atoms with E-state index < -0.39 is 0 Å². The van der Waals surface area contributed by atoms with E-state index in [0.29, 0.717) is 11.6 Å². The van der Waals surface area contributed by atoms with Crippen LogP contribution in [0.1, 0.15) is 126 Å². The Hall–Kier alpha value is -2.14. The first-order valence-corrected chi connectivity index (χ1v) is 13.8. The Labute approximate surface area is 202 Å². The van der Waals surface area contributed by atoms with Crippen molar-refractivity contribution in [2.45, 2.75) is 116 Å². The summed E-state index contributed by atoms with van der Waals surface area (Å²) in [5.74, 6) is 1.67. The van der Waals surface area contributed by atoms with Crippen LogP contribution in [0.3, 0.4) is 0 Å². The summed E-state index contributed by atoms with van der Waals surface area (Å²) in [5, 5.41) is 9.61. The number of pyridine rings is 1. The lowest BCUT2D eigenvalue weighted by atomic mass is 9.77. The van der Waals surface area contributed by atoms with Crippen LogP contribution in [-0.2, 0) is 6.42 Å². The maximum absolute atomic E-state index is 9.61. The number of nitrogens with zero attached hydrogens (tertiary/aromatic N) is 2. The van der Waals surface area contributed by atoms with Crippen LogP contribution in [0.2, 0.25) is 0 Å². The van der Waals surface area contributed by atoms with Crippen molar-refractivity contribution in [3.63, 3.8) is 0 Å². The topological polar surface area (TPSA) is 36.7 Å². The molecule has 0 spiro atoms. The first-order chi connectivity index (χ1) is 16.2. The summed E-state index contributed by atoms with van der Waals surface area (Å²) in [6.07, 6.45) is 19.7. The van der Waals surface area contributed by atoms with E-state index in [1.165, 1.54) is 89.0 Å². The van der Waals surface area contributed by atoms with Crippen LogP contribution in [-0.4, -0.2) is 4.98 Å². The van der Waals surface area contributed by atoms with Crippen LogP contribution in [0.5, 0.6) is 0 Å². The average Bonchev–Trinajstić information content (AvgIpc) is 2.87. The van der Waals surface area contributed by atoms with Crippen molar-refractivity contribution in [1.82, 2.24) is 4.98 Å². The molecule has 0 atom stereocenters. The van der Waals surface area contributed by atoms with Gasteiger partial charge in [0.25, 0.3) is 0 Å². The fourth-order valence-corrected chi connectivity index (χ4v) is 5.44. The smallest absolute Gasteiger partial charge is 0.144 e. The SMILES string of the molecule is CCCCCCCC1CCC(c2ccc(-c3ccc(CCCCCC)c(C#N)n3)cc2)CC1. The third kappa shape index (κ3) is 7.99. The molecule has 0 amide bonds. The Morgan fingerprint density at radius 1 is 0.788 bits per heavy atom. The molecule has 1 aliphatic rings. The average molecular weight is 445 g/mol. The van der Waals surface area contributed by atoms with E-state index in [1.807, 2.05) is 0 Å². The second-order valence-corrected chi connectivity index (χ2v) is 10.2. The van der Waals surface area contributed by atoms with E-state index in [-0.39, 0.29) is 0 Å². The minimum atomic E-state index is 0.598. The standard InChI is InChI=1S/C31H44N2/c1-3-5-7-9-10-12-25-14-16-26(17-15-25)27-18-20-29(21-19-27)30-23-22-28(31(24-32)33-30)13-11-8-6-4-2/h18-23,25-26H,3-17H2,1-2H3. The van der Waals surface area contributed by atoms with E-state index in [1.54, 1.807) is 0 Å². The monoisotopic (exact) mass is 444 g/mol. The van der Waals surface area contributed by atoms with Crippen molar-refractivity contribution in [2.75, 3.05) is 0 Å². The quantitative estimate of drug-likeness (QED) is 0.288. The fourth-order valence-electron chi connectivity index (χ4n) is 5.44. The van der Waals surface area contributed by atoms with Gasteiger partial charge in [-0.15, -0.1) is 0 Å². The zero-order valence-corrected chi connectivity index (χ0v) is 21.1. The summed E-state index contributed by atoms with van der Waals surface area (Å²) in [6, 6.07) is 15.6. The molecule has 1 fully saturated rings. The van der Waals surface area contributed by atoms with E-state index in [4.69, 9.17) is 4.98 Å². The second kappa shape index (κ2) is 14.2. The number of hydrogen-bond donors (Lipinski definition) is 0. The van der Waals surface area contributed by atoms with Crippen LogP contribution in [0.25, 0.3) is 11.3 Å². The van der Waals surface area contributed by atoms with Gasteiger partial charge in [0.2, 0.25) is 0 Å². The Balaban J connectivity index is 1.51. The summed E-state index contributed by atoms with van der Waals surface area (Å²) in [4.78, 5) is 4.70. The molecule has 0 bridgehead atoms. The number of aryl methyl sites for hydroxylation is 1. The van der Waals surface area contributed by atoms with Gasteiger partial charge >= 0.3 is 0 Å². The summed E-state index contributed by atoms with van der Waals surface area (Å²) in [5.41, 5.74) is 5.21. The Kier molecular flexibility index (Phi) is 11.0. The first kappa shape index (κ1) is 25.5. The van der Waals surface area contributed by atoms with Gasteiger partial charge in [-0.25, -0.2) is 4.98 Å². The molecule has 1 heterocycles. The van der Waals surface area contributed by atoms with Crippen molar-refractivity contribution >= 4 is 0 Å². The minimum absolute atomic E-state index is 0.598. The Morgan fingerprint density at radius 2 is 1.45 bits per heavy atom. The molecule has 0 unspecified atom stereocenters. The third-order valence-corrected chi connectivity index (χ3v) is 7.62. The molecule has 0 aliphatic heterocycles. The summed E-state index contributed by atoms with van der Waals surface area (Å²) in [6.45, 7) is 4.52. The van der Waals surface area contributed by atoms with Crippen LogP contribution < -0.4 is 0 Å². The molecule has 1 aromatic heterocycles. The summed E-state index contributed by atoms with van der Waals surface area (Å²) < 4.78 is 0. The molecule has 1 aromatic carbocycles. The van der Waals surface area contributed by atoms with Gasteiger partial charge in [0.15, 0.2) is 0 Å². The number of rotatable bonds is 13. The van der Waals surface area contributed by atoms with E-state index >= 15 is 0 Å². The molecule has 0 saturated heterocycles. The zero-order chi connectivity index (χ0) is 23.3. The molecule has 1 aliphatic carbocycles. The van der Waals surface area contributed by atoms with Crippen LogP contribution in [0.4, 0.5) is 0 Å². The van der Waals surface area contributed by atoms with Crippen LogP contribution >= 0.6 is 0 Å². The van der Waals surface area contributed by atoms with Gasteiger partial charge in [-0.2, -0.15) is 5.26 Å². The molecule has 2 nitrogen and oxygen atoms in total.